The van der Waals surface area contributed by atoms with E-state index in [-0.39, 0.29) is 5.95 Å². The number of halogens is 2. The molecular weight excluding hydrogens is 249 g/mol. The van der Waals surface area contributed by atoms with Crippen molar-refractivity contribution in [1.29, 1.82) is 0 Å². The standard InChI is InChI=1S/C9H9Cl2N5/c10-6-2-1-5(7(11)3-6)4-13-9-14-8(12)15-16-9/h1-3H,4H2,(H4,12,13,14,15,16). The number of H-pyrrole nitrogens is 1. The highest BCUT2D eigenvalue weighted by molar-refractivity contribution is 6.35. The zero-order valence-corrected chi connectivity index (χ0v) is 9.68. The van der Waals surface area contributed by atoms with Gasteiger partial charge in [0.25, 0.3) is 0 Å². The van der Waals surface area contributed by atoms with Gasteiger partial charge in [0.1, 0.15) is 0 Å². The van der Waals surface area contributed by atoms with Crippen LogP contribution in [0, 0.1) is 0 Å². The number of benzene rings is 1. The number of rotatable bonds is 3. The van der Waals surface area contributed by atoms with E-state index < -0.39 is 0 Å². The van der Waals surface area contributed by atoms with E-state index in [9.17, 15) is 0 Å². The van der Waals surface area contributed by atoms with Gasteiger partial charge < -0.3 is 11.1 Å². The first-order valence-electron chi connectivity index (χ1n) is 4.51. The number of anilines is 2. The van der Waals surface area contributed by atoms with Gasteiger partial charge in [-0.2, -0.15) is 4.98 Å². The van der Waals surface area contributed by atoms with E-state index in [0.717, 1.165) is 5.56 Å². The molecular formula is C9H9Cl2N5. The number of hydrogen-bond donors (Lipinski definition) is 3. The summed E-state index contributed by atoms with van der Waals surface area (Å²) in [6.07, 6.45) is 0. The molecule has 4 N–H and O–H groups in total. The maximum absolute atomic E-state index is 6.00. The maximum atomic E-state index is 6.00. The van der Waals surface area contributed by atoms with E-state index in [2.05, 4.69) is 20.5 Å². The fourth-order valence-corrected chi connectivity index (χ4v) is 1.67. The van der Waals surface area contributed by atoms with Crippen LogP contribution in [0.1, 0.15) is 5.56 Å². The second-order valence-electron chi connectivity index (χ2n) is 3.13. The van der Waals surface area contributed by atoms with Gasteiger partial charge in [-0.25, -0.2) is 5.10 Å². The highest BCUT2D eigenvalue weighted by Crippen LogP contribution is 2.21. The Morgan fingerprint density at radius 2 is 2.19 bits per heavy atom. The molecule has 84 valence electrons. The molecule has 0 spiro atoms. The molecule has 0 unspecified atom stereocenters. The van der Waals surface area contributed by atoms with Crippen molar-refractivity contribution in [3.8, 4) is 0 Å². The molecule has 5 nitrogen and oxygen atoms in total. The van der Waals surface area contributed by atoms with Crippen molar-refractivity contribution >= 4 is 35.1 Å². The normalized spacial score (nSPS) is 10.4. The lowest BCUT2D eigenvalue weighted by Gasteiger charge is -2.04. The Morgan fingerprint density at radius 1 is 1.38 bits per heavy atom. The quantitative estimate of drug-likeness (QED) is 0.789. The van der Waals surface area contributed by atoms with Crippen molar-refractivity contribution in [3.63, 3.8) is 0 Å². The molecule has 0 radical (unpaired) electrons. The first kappa shape index (κ1) is 11.0. The van der Waals surface area contributed by atoms with Crippen LogP contribution in [-0.2, 0) is 6.54 Å². The molecule has 0 aliphatic rings. The molecule has 0 aliphatic carbocycles. The third-order valence-corrected chi connectivity index (χ3v) is 2.54. The minimum absolute atomic E-state index is 0.268. The second-order valence-corrected chi connectivity index (χ2v) is 3.98. The smallest absolute Gasteiger partial charge is 0.243 e. The third kappa shape index (κ3) is 2.56. The Balaban J connectivity index is 2.04. The van der Waals surface area contributed by atoms with E-state index in [1.807, 2.05) is 6.07 Å². The molecule has 1 aromatic heterocycles. The van der Waals surface area contributed by atoms with E-state index >= 15 is 0 Å². The lowest BCUT2D eigenvalue weighted by atomic mass is 10.2. The van der Waals surface area contributed by atoms with Crippen molar-refractivity contribution < 1.29 is 0 Å². The van der Waals surface area contributed by atoms with Crippen molar-refractivity contribution in [1.82, 2.24) is 15.2 Å². The summed E-state index contributed by atoms with van der Waals surface area (Å²) in [5, 5.41) is 10.6. The zero-order valence-electron chi connectivity index (χ0n) is 8.17. The van der Waals surface area contributed by atoms with Crippen molar-refractivity contribution in [2.45, 2.75) is 6.54 Å². The molecule has 7 heteroatoms. The highest BCUT2D eigenvalue weighted by atomic mass is 35.5. The monoisotopic (exact) mass is 257 g/mol. The number of nitrogens with one attached hydrogen (secondary N) is 2. The van der Waals surface area contributed by atoms with Gasteiger partial charge in [-0.05, 0) is 17.7 Å². The molecule has 0 bridgehead atoms. The number of hydrogen-bond acceptors (Lipinski definition) is 4. The molecule has 0 saturated heterocycles. The third-order valence-electron chi connectivity index (χ3n) is 1.95. The maximum Gasteiger partial charge on any atom is 0.243 e. The van der Waals surface area contributed by atoms with E-state index in [0.29, 0.717) is 22.5 Å². The molecule has 1 aromatic carbocycles. The van der Waals surface area contributed by atoms with Crippen LogP contribution in [0.25, 0.3) is 0 Å². The van der Waals surface area contributed by atoms with Gasteiger partial charge in [-0.1, -0.05) is 29.3 Å². The molecule has 2 rings (SSSR count). The van der Waals surface area contributed by atoms with Crippen LogP contribution in [0.5, 0.6) is 0 Å². The van der Waals surface area contributed by atoms with Crippen molar-refractivity contribution in [3.05, 3.63) is 33.8 Å². The summed E-state index contributed by atoms with van der Waals surface area (Å²) in [6.45, 7) is 0.507. The van der Waals surface area contributed by atoms with Crippen molar-refractivity contribution in [2.75, 3.05) is 11.1 Å². The van der Waals surface area contributed by atoms with Gasteiger partial charge in [0.05, 0.1) is 0 Å². The summed E-state index contributed by atoms with van der Waals surface area (Å²) < 4.78 is 0. The fourth-order valence-electron chi connectivity index (χ4n) is 1.19. The Kier molecular flexibility index (Phi) is 3.17. The molecule has 0 saturated carbocycles. The summed E-state index contributed by atoms with van der Waals surface area (Å²) in [6, 6.07) is 5.30. The number of aromatic amines is 1. The molecule has 0 amide bonds. The van der Waals surface area contributed by atoms with Gasteiger partial charge in [0.2, 0.25) is 11.9 Å². The Labute approximate surface area is 102 Å². The van der Waals surface area contributed by atoms with Crippen LogP contribution >= 0.6 is 23.2 Å². The minimum Gasteiger partial charge on any atom is -0.368 e. The Bertz CT molecular complexity index is 496. The molecule has 0 atom stereocenters. The van der Waals surface area contributed by atoms with Gasteiger partial charge in [0.15, 0.2) is 0 Å². The van der Waals surface area contributed by atoms with Gasteiger partial charge in [-0.3, -0.25) is 0 Å². The zero-order chi connectivity index (χ0) is 11.5. The lowest BCUT2D eigenvalue weighted by Crippen LogP contribution is -2.01. The number of nitrogens with zero attached hydrogens (tertiary/aromatic N) is 2. The molecule has 2 aromatic rings. The van der Waals surface area contributed by atoms with Crippen LogP contribution < -0.4 is 11.1 Å². The summed E-state index contributed by atoms with van der Waals surface area (Å²) in [5.74, 6) is 0.702. The molecule has 1 heterocycles. The lowest BCUT2D eigenvalue weighted by molar-refractivity contribution is 1.05. The van der Waals surface area contributed by atoms with E-state index in [4.69, 9.17) is 28.9 Å². The predicted octanol–water partition coefficient (Wildman–Crippen LogP) is 2.31. The van der Waals surface area contributed by atoms with Crippen LogP contribution in [-0.4, -0.2) is 15.2 Å². The molecule has 0 fully saturated rings. The number of nitrogens with two attached hydrogens (primary N) is 1. The molecule has 0 aliphatic heterocycles. The van der Waals surface area contributed by atoms with Crippen LogP contribution in [0.3, 0.4) is 0 Å². The summed E-state index contributed by atoms with van der Waals surface area (Å²) in [4.78, 5) is 3.90. The van der Waals surface area contributed by atoms with Crippen LogP contribution in [0.2, 0.25) is 10.0 Å². The number of nitrogen functional groups attached to an aromatic ring is 1. The van der Waals surface area contributed by atoms with Gasteiger partial charge >= 0.3 is 0 Å². The number of aromatic nitrogens is 3. The largest absolute Gasteiger partial charge is 0.368 e. The van der Waals surface area contributed by atoms with E-state index in [1.165, 1.54) is 0 Å². The Morgan fingerprint density at radius 3 is 2.81 bits per heavy atom. The first-order chi connectivity index (χ1) is 7.65. The summed E-state index contributed by atoms with van der Waals surface area (Å²) in [7, 11) is 0. The topological polar surface area (TPSA) is 79.6 Å². The van der Waals surface area contributed by atoms with Gasteiger partial charge in [0, 0.05) is 16.6 Å². The summed E-state index contributed by atoms with van der Waals surface area (Å²) >= 11 is 11.8. The van der Waals surface area contributed by atoms with E-state index in [1.54, 1.807) is 12.1 Å². The fraction of sp³-hybridized carbons (Fsp3) is 0.111. The Hall–Kier alpha value is -1.46. The summed E-state index contributed by atoms with van der Waals surface area (Å²) in [5.41, 5.74) is 6.30. The molecule has 16 heavy (non-hydrogen) atoms. The average Bonchev–Trinajstić information content (AvgIpc) is 2.63. The van der Waals surface area contributed by atoms with Gasteiger partial charge in [-0.15, -0.1) is 5.10 Å². The highest BCUT2D eigenvalue weighted by Gasteiger charge is 2.03. The SMILES string of the molecule is Nc1nc(NCc2ccc(Cl)cc2Cl)n[nH]1. The predicted molar refractivity (Wildman–Crippen MR) is 64.6 cm³/mol. The average molecular weight is 258 g/mol. The minimum atomic E-state index is 0.268. The first-order valence-corrected chi connectivity index (χ1v) is 5.26. The second kappa shape index (κ2) is 4.59. The van der Waals surface area contributed by atoms with Crippen LogP contribution in [0.15, 0.2) is 18.2 Å². The van der Waals surface area contributed by atoms with Crippen LogP contribution in [0.4, 0.5) is 11.9 Å². The van der Waals surface area contributed by atoms with Crippen molar-refractivity contribution in [2.24, 2.45) is 0 Å².